The molecular formula is C21H26N8O2. The molecular weight excluding hydrogens is 396 g/mol. The first-order valence-electron chi connectivity index (χ1n) is 10.8. The number of aryl methyl sites for hydroxylation is 1. The number of nitrogens with one attached hydrogen (secondary N) is 2. The highest BCUT2D eigenvalue weighted by molar-refractivity contribution is 5.91. The van der Waals surface area contributed by atoms with Crippen LogP contribution in [0.5, 0.6) is 0 Å². The van der Waals surface area contributed by atoms with Crippen molar-refractivity contribution in [3.05, 3.63) is 36.5 Å². The SMILES string of the molecule is O=C(CCc1nc(-c2ncn[nH]2)no1)Nc1cccc(N2CCN(CC3CC3)CC2)c1. The van der Waals surface area contributed by atoms with E-state index in [2.05, 4.69) is 46.5 Å². The molecule has 1 aromatic carbocycles. The molecule has 1 aliphatic carbocycles. The number of aromatic amines is 1. The molecule has 3 heterocycles. The van der Waals surface area contributed by atoms with E-state index in [1.165, 1.54) is 25.7 Å². The van der Waals surface area contributed by atoms with Gasteiger partial charge in [-0.05, 0) is 37.0 Å². The number of amides is 1. The lowest BCUT2D eigenvalue weighted by Crippen LogP contribution is -2.47. The van der Waals surface area contributed by atoms with Gasteiger partial charge in [0.15, 0.2) is 5.82 Å². The number of H-pyrrole nitrogens is 1. The second-order valence-electron chi connectivity index (χ2n) is 8.18. The number of carbonyl (C=O) groups is 1. The Kier molecular flexibility index (Phi) is 5.61. The zero-order chi connectivity index (χ0) is 21.0. The molecule has 10 heteroatoms. The Hall–Kier alpha value is -3.27. The molecule has 2 aliphatic rings. The van der Waals surface area contributed by atoms with Crippen molar-refractivity contribution in [2.24, 2.45) is 5.92 Å². The maximum atomic E-state index is 12.4. The Balaban J connectivity index is 1.11. The van der Waals surface area contributed by atoms with E-state index in [1.54, 1.807) is 0 Å². The molecule has 3 aromatic rings. The molecule has 1 amide bonds. The van der Waals surface area contributed by atoms with Gasteiger partial charge >= 0.3 is 0 Å². The predicted octanol–water partition coefficient (Wildman–Crippen LogP) is 1.96. The number of nitrogens with zero attached hydrogens (tertiary/aromatic N) is 6. The van der Waals surface area contributed by atoms with Crippen LogP contribution in [0, 0.1) is 5.92 Å². The van der Waals surface area contributed by atoms with E-state index in [0.29, 0.717) is 24.0 Å². The molecule has 10 nitrogen and oxygen atoms in total. The van der Waals surface area contributed by atoms with Crippen LogP contribution in [-0.4, -0.2) is 68.9 Å². The summed E-state index contributed by atoms with van der Waals surface area (Å²) in [6.07, 6.45) is 4.78. The van der Waals surface area contributed by atoms with Crippen molar-refractivity contribution in [2.75, 3.05) is 42.9 Å². The van der Waals surface area contributed by atoms with Crippen LogP contribution in [-0.2, 0) is 11.2 Å². The van der Waals surface area contributed by atoms with E-state index in [9.17, 15) is 4.79 Å². The van der Waals surface area contributed by atoms with Crippen LogP contribution < -0.4 is 10.2 Å². The monoisotopic (exact) mass is 422 g/mol. The molecule has 0 radical (unpaired) electrons. The lowest BCUT2D eigenvalue weighted by atomic mass is 10.2. The lowest BCUT2D eigenvalue weighted by molar-refractivity contribution is -0.116. The molecule has 1 aliphatic heterocycles. The van der Waals surface area contributed by atoms with E-state index in [0.717, 1.165) is 43.5 Å². The number of aromatic nitrogens is 5. The molecule has 0 bridgehead atoms. The van der Waals surface area contributed by atoms with E-state index in [1.807, 2.05) is 18.2 Å². The number of anilines is 2. The first kappa shape index (κ1) is 19.7. The average Bonchev–Trinajstić information content (AvgIpc) is 3.25. The first-order chi connectivity index (χ1) is 15.2. The third kappa shape index (κ3) is 5.08. The summed E-state index contributed by atoms with van der Waals surface area (Å²) in [6, 6.07) is 8.06. The smallest absolute Gasteiger partial charge is 0.239 e. The van der Waals surface area contributed by atoms with Crippen LogP contribution in [0.1, 0.15) is 25.2 Å². The number of rotatable bonds is 8. The van der Waals surface area contributed by atoms with Crippen LogP contribution in [0.3, 0.4) is 0 Å². The van der Waals surface area contributed by atoms with E-state index in [4.69, 9.17) is 4.52 Å². The minimum Gasteiger partial charge on any atom is -0.369 e. The topological polar surface area (TPSA) is 116 Å². The van der Waals surface area contributed by atoms with Crippen molar-refractivity contribution in [1.82, 2.24) is 30.2 Å². The van der Waals surface area contributed by atoms with E-state index < -0.39 is 0 Å². The van der Waals surface area contributed by atoms with Crippen molar-refractivity contribution >= 4 is 17.3 Å². The van der Waals surface area contributed by atoms with Crippen LogP contribution in [0.4, 0.5) is 11.4 Å². The van der Waals surface area contributed by atoms with Crippen molar-refractivity contribution in [1.29, 1.82) is 0 Å². The summed E-state index contributed by atoms with van der Waals surface area (Å²) in [4.78, 5) is 25.6. The number of piperazine rings is 1. The molecule has 1 saturated heterocycles. The fraction of sp³-hybridized carbons (Fsp3) is 0.476. The van der Waals surface area contributed by atoms with Crippen LogP contribution in [0.15, 0.2) is 35.1 Å². The van der Waals surface area contributed by atoms with Gasteiger partial charge in [0.2, 0.25) is 17.6 Å². The van der Waals surface area contributed by atoms with Gasteiger partial charge in [-0.25, -0.2) is 4.98 Å². The quantitative estimate of drug-likeness (QED) is 0.566. The average molecular weight is 422 g/mol. The van der Waals surface area contributed by atoms with Gasteiger partial charge in [0.05, 0.1) is 0 Å². The fourth-order valence-electron chi connectivity index (χ4n) is 3.84. The van der Waals surface area contributed by atoms with E-state index in [-0.39, 0.29) is 12.3 Å². The van der Waals surface area contributed by atoms with Gasteiger partial charge in [-0.1, -0.05) is 11.2 Å². The number of carbonyl (C=O) groups excluding carboxylic acids is 1. The third-order valence-corrected chi connectivity index (χ3v) is 5.74. The molecule has 0 spiro atoms. The van der Waals surface area contributed by atoms with Crippen molar-refractivity contribution < 1.29 is 9.32 Å². The molecule has 0 atom stereocenters. The Morgan fingerprint density at radius 3 is 2.87 bits per heavy atom. The predicted molar refractivity (Wildman–Crippen MR) is 114 cm³/mol. The van der Waals surface area contributed by atoms with Crippen molar-refractivity contribution in [3.8, 4) is 11.6 Å². The summed E-state index contributed by atoms with van der Waals surface area (Å²) >= 11 is 0. The molecule has 5 rings (SSSR count). The zero-order valence-corrected chi connectivity index (χ0v) is 17.3. The third-order valence-electron chi connectivity index (χ3n) is 5.74. The Morgan fingerprint density at radius 2 is 2.10 bits per heavy atom. The molecule has 2 fully saturated rings. The van der Waals surface area contributed by atoms with Gasteiger partial charge in [-0.3, -0.25) is 14.8 Å². The number of benzene rings is 1. The second-order valence-corrected chi connectivity index (χ2v) is 8.18. The molecule has 2 N–H and O–H groups in total. The summed E-state index contributed by atoms with van der Waals surface area (Å²) in [5.74, 6) is 2.00. The van der Waals surface area contributed by atoms with Crippen molar-refractivity contribution in [3.63, 3.8) is 0 Å². The Morgan fingerprint density at radius 1 is 1.23 bits per heavy atom. The summed E-state index contributed by atoms with van der Waals surface area (Å²) in [5, 5.41) is 13.3. The Bertz CT molecular complexity index is 1010. The van der Waals surface area contributed by atoms with Gasteiger partial charge in [0.1, 0.15) is 6.33 Å². The molecule has 0 unspecified atom stereocenters. The molecule has 162 valence electrons. The van der Waals surface area contributed by atoms with Crippen molar-refractivity contribution in [2.45, 2.75) is 25.7 Å². The summed E-state index contributed by atoms with van der Waals surface area (Å²) in [6.45, 7) is 5.51. The van der Waals surface area contributed by atoms with Gasteiger partial charge < -0.3 is 14.7 Å². The Labute approximate surface area is 180 Å². The minimum absolute atomic E-state index is 0.0918. The summed E-state index contributed by atoms with van der Waals surface area (Å²) in [5.41, 5.74) is 1.95. The van der Waals surface area contributed by atoms with Gasteiger partial charge in [0, 0.05) is 56.9 Å². The number of hydrogen-bond acceptors (Lipinski definition) is 8. The first-order valence-corrected chi connectivity index (χ1v) is 10.8. The maximum Gasteiger partial charge on any atom is 0.239 e. The molecule has 2 aromatic heterocycles. The van der Waals surface area contributed by atoms with E-state index >= 15 is 0 Å². The summed E-state index contributed by atoms with van der Waals surface area (Å²) < 4.78 is 5.18. The highest BCUT2D eigenvalue weighted by atomic mass is 16.5. The largest absolute Gasteiger partial charge is 0.369 e. The lowest BCUT2D eigenvalue weighted by Gasteiger charge is -2.36. The molecule has 1 saturated carbocycles. The standard InChI is InChI=1S/C21H26N8O2/c30-18(6-7-19-25-21(27-31-19)20-22-14-23-26-20)24-16-2-1-3-17(12-16)29-10-8-28(9-11-29)13-15-4-5-15/h1-3,12,14-15H,4-11,13H2,(H,24,30)(H,22,23,26). The van der Waals surface area contributed by atoms with Gasteiger partial charge in [-0.15, -0.1) is 0 Å². The normalized spacial score (nSPS) is 17.1. The maximum absolute atomic E-state index is 12.4. The zero-order valence-electron chi connectivity index (χ0n) is 17.3. The summed E-state index contributed by atoms with van der Waals surface area (Å²) in [7, 11) is 0. The van der Waals surface area contributed by atoms with Crippen LogP contribution in [0.25, 0.3) is 11.6 Å². The second kappa shape index (κ2) is 8.84. The van der Waals surface area contributed by atoms with Gasteiger partial charge in [0.25, 0.3) is 0 Å². The highest BCUT2D eigenvalue weighted by Crippen LogP contribution is 2.30. The van der Waals surface area contributed by atoms with Crippen LogP contribution >= 0.6 is 0 Å². The minimum atomic E-state index is -0.0918. The van der Waals surface area contributed by atoms with Crippen LogP contribution in [0.2, 0.25) is 0 Å². The highest BCUT2D eigenvalue weighted by Gasteiger charge is 2.26. The fourth-order valence-corrected chi connectivity index (χ4v) is 3.84. The number of hydrogen-bond donors (Lipinski definition) is 2. The molecule has 31 heavy (non-hydrogen) atoms. The van der Waals surface area contributed by atoms with Gasteiger partial charge in [-0.2, -0.15) is 10.1 Å².